The highest BCUT2D eigenvalue weighted by Gasteiger charge is 2.32. The molecule has 2 rings (SSSR count). The molecule has 1 aromatic carbocycles. The molecule has 0 amide bonds. The zero-order valence-corrected chi connectivity index (χ0v) is 12.9. The Hall–Kier alpha value is -2.25. The van der Waals surface area contributed by atoms with Gasteiger partial charge in [0.2, 0.25) is 5.96 Å². The Morgan fingerprint density at radius 3 is 2.39 bits per heavy atom. The summed E-state index contributed by atoms with van der Waals surface area (Å²) < 4.78 is 38.7. The number of benzene rings is 1. The summed E-state index contributed by atoms with van der Waals surface area (Å²) >= 11 is 0. The smallest absolute Gasteiger partial charge is 0.369 e. The van der Waals surface area contributed by atoms with Gasteiger partial charge in [-0.05, 0) is 43.9 Å². The lowest BCUT2D eigenvalue weighted by molar-refractivity contribution is -0.138. The SMILES string of the molecule is Cc1ccc(N=C(N)/N=C(\N)N2CCCCC2)cc1C(F)(F)F. The summed E-state index contributed by atoms with van der Waals surface area (Å²) in [5.41, 5.74) is 11.0. The number of aryl methyl sites for hydroxylation is 1. The Labute approximate surface area is 132 Å². The summed E-state index contributed by atoms with van der Waals surface area (Å²) in [5, 5.41) is 0. The van der Waals surface area contributed by atoms with Crippen molar-refractivity contribution in [2.45, 2.75) is 32.4 Å². The van der Waals surface area contributed by atoms with Crippen molar-refractivity contribution in [3.8, 4) is 0 Å². The quantitative estimate of drug-likeness (QED) is 0.615. The Bertz CT molecular complexity index is 616. The second kappa shape index (κ2) is 6.89. The number of aliphatic imine (C=N–C) groups is 2. The molecule has 0 atom stereocenters. The molecule has 1 aromatic rings. The van der Waals surface area contributed by atoms with Gasteiger partial charge in [0.1, 0.15) is 0 Å². The number of halogens is 3. The standard InChI is InChI=1S/C15H20F3N5/c1-10-5-6-11(9-12(10)15(16,17)18)21-13(19)22-14(20)23-7-3-2-4-8-23/h5-6,9H,2-4,7-8H2,1H3,(H4,19,20,21,22). The summed E-state index contributed by atoms with van der Waals surface area (Å²) in [6.07, 6.45) is -1.22. The number of likely N-dealkylation sites (tertiary alicyclic amines) is 1. The minimum Gasteiger partial charge on any atom is -0.369 e. The fourth-order valence-corrected chi connectivity index (χ4v) is 2.45. The number of rotatable bonds is 1. The molecule has 0 aliphatic carbocycles. The first-order valence-electron chi connectivity index (χ1n) is 7.38. The van der Waals surface area contributed by atoms with E-state index in [1.54, 1.807) is 0 Å². The molecule has 0 bridgehead atoms. The summed E-state index contributed by atoms with van der Waals surface area (Å²) in [6.45, 7) is 2.99. The van der Waals surface area contributed by atoms with Gasteiger partial charge in [-0.25, -0.2) is 4.99 Å². The monoisotopic (exact) mass is 327 g/mol. The lowest BCUT2D eigenvalue weighted by atomic mass is 10.1. The van der Waals surface area contributed by atoms with E-state index < -0.39 is 11.7 Å². The third-order valence-electron chi connectivity index (χ3n) is 3.68. The molecule has 1 aliphatic rings. The summed E-state index contributed by atoms with van der Waals surface area (Å²) in [6, 6.07) is 3.77. The lowest BCUT2D eigenvalue weighted by Gasteiger charge is -2.27. The predicted molar refractivity (Wildman–Crippen MR) is 84.5 cm³/mol. The van der Waals surface area contributed by atoms with Crippen LogP contribution in [0.15, 0.2) is 28.2 Å². The van der Waals surface area contributed by atoms with Crippen molar-refractivity contribution in [3.05, 3.63) is 29.3 Å². The summed E-state index contributed by atoms with van der Waals surface area (Å²) in [5.74, 6) is 0.0826. The number of nitrogens with two attached hydrogens (primary N) is 2. The second-order valence-corrected chi connectivity index (χ2v) is 5.48. The minimum atomic E-state index is -4.43. The molecule has 0 saturated carbocycles. The maximum Gasteiger partial charge on any atom is 0.416 e. The van der Waals surface area contributed by atoms with E-state index in [9.17, 15) is 13.2 Å². The van der Waals surface area contributed by atoms with E-state index in [-0.39, 0.29) is 23.2 Å². The van der Waals surface area contributed by atoms with Crippen LogP contribution in [0.1, 0.15) is 30.4 Å². The molecule has 0 unspecified atom stereocenters. The molecular weight excluding hydrogens is 307 g/mol. The molecule has 1 aliphatic heterocycles. The largest absolute Gasteiger partial charge is 0.416 e. The van der Waals surface area contributed by atoms with Crippen LogP contribution >= 0.6 is 0 Å². The van der Waals surface area contributed by atoms with Crippen molar-refractivity contribution in [1.82, 2.24) is 4.90 Å². The third kappa shape index (κ3) is 4.61. The van der Waals surface area contributed by atoms with E-state index >= 15 is 0 Å². The van der Waals surface area contributed by atoms with Crippen molar-refractivity contribution >= 4 is 17.6 Å². The molecule has 1 heterocycles. The Morgan fingerprint density at radius 1 is 1.13 bits per heavy atom. The number of hydrogen-bond acceptors (Lipinski definition) is 1. The average Bonchev–Trinajstić information content (AvgIpc) is 2.49. The van der Waals surface area contributed by atoms with E-state index in [2.05, 4.69) is 9.98 Å². The first-order chi connectivity index (χ1) is 10.8. The Kier molecular flexibility index (Phi) is 5.12. The van der Waals surface area contributed by atoms with E-state index in [0.29, 0.717) is 0 Å². The predicted octanol–water partition coefficient (Wildman–Crippen LogP) is 2.76. The fraction of sp³-hybridized carbons (Fsp3) is 0.467. The molecule has 8 heteroatoms. The van der Waals surface area contributed by atoms with Crippen LogP contribution in [0.25, 0.3) is 0 Å². The molecular formula is C15H20F3N5. The van der Waals surface area contributed by atoms with Gasteiger partial charge >= 0.3 is 6.18 Å². The van der Waals surface area contributed by atoms with Crippen LogP contribution in [0.3, 0.4) is 0 Å². The van der Waals surface area contributed by atoms with Gasteiger partial charge < -0.3 is 16.4 Å². The third-order valence-corrected chi connectivity index (χ3v) is 3.68. The van der Waals surface area contributed by atoms with Crippen LogP contribution in [0.5, 0.6) is 0 Å². The van der Waals surface area contributed by atoms with E-state index in [0.717, 1.165) is 38.4 Å². The molecule has 23 heavy (non-hydrogen) atoms. The maximum absolute atomic E-state index is 12.9. The highest BCUT2D eigenvalue weighted by atomic mass is 19.4. The van der Waals surface area contributed by atoms with Crippen LogP contribution in [0, 0.1) is 6.92 Å². The van der Waals surface area contributed by atoms with E-state index in [4.69, 9.17) is 11.5 Å². The Morgan fingerprint density at radius 2 is 1.78 bits per heavy atom. The number of piperidine rings is 1. The van der Waals surface area contributed by atoms with Crippen molar-refractivity contribution in [2.75, 3.05) is 13.1 Å². The number of alkyl halides is 3. The molecule has 1 fully saturated rings. The van der Waals surface area contributed by atoms with Crippen molar-refractivity contribution < 1.29 is 13.2 Å². The van der Waals surface area contributed by atoms with Gasteiger partial charge in [0.25, 0.3) is 0 Å². The van der Waals surface area contributed by atoms with Crippen molar-refractivity contribution in [2.24, 2.45) is 21.5 Å². The molecule has 126 valence electrons. The van der Waals surface area contributed by atoms with Gasteiger partial charge in [-0.15, -0.1) is 0 Å². The van der Waals surface area contributed by atoms with Gasteiger partial charge in [-0.3, -0.25) is 0 Å². The normalized spacial score (nSPS) is 17.5. The first kappa shape index (κ1) is 17.1. The fourth-order valence-electron chi connectivity index (χ4n) is 2.45. The van der Waals surface area contributed by atoms with Crippen LogP contribution < -0.4 is 11.5 Å². The number of nitrogens with zero attached hydrogens (tertiary/aromatic N) is 3. The van der Waals surface area contributed by atoms with Crippen molar-refractivity contribution in [1.29, 1.82) is 0 Å². The van der Waals surface area contributed by atoms with Gasteiger partial charge in [0.05, 0.1) is 11.3 Å². The topological polar surface area (TPSA) is 80.0 Å². The minimum absolute atomic E-state index is 0.0932. The zero-order chi connectivity index (χ0) is 17.0. The molecule has 0 spiro atoms. The summed E-state index contributed by atoms with van der Waals surface area (Å²) in [7, 11) is 0. The summed E-state index contributed by atoms with van der Waals surface area (Å²) in [4.78, 5) is 9.78. The average molecular weight is 327 g/mol. The molecule has 4 N–H and O–H groups in total. The van der Waals surface area contributed by atoms with Crippen LogP contribution in [0.2, 0.25) is 0 Å². The van der Waals surface area contributed by atoms with Crippen LogP contribution in [-0.4, -0.2) is 29.9 Å². The van der Waals surface area contributed by atoms with Gasteiger partial charge in [-0.1, -0.05) is 6.07 Å². The highest BCUT2D eigenvalue weighted by molar-refractivity contribution is 5.94. The van der Waals surface area contributed by atoms with Gasteiger partial charge in [0.15, 0.2) is 5.96 Å². The highest BCUT2D eigenvalue weighted by Crippen LogP contribution is 2.34. The van der Waals surface area contributed by atoms with Crippen LogP contribution in [-0.2, 0) is 6.18 Å². The molecule has 0 aromatic heterocycles. The van der Waals surface area contributed by atoms with Gasteiger partial charge in [0, 0.05) is 13.1 Å². The number of guanidine groups is 2. The molecule has 1 saturated heterocycles. The Balaban J connectivity index is 2.20. The zero-order valence-electron chi connectivity index (χ0n) is 12.9. The van der Waals surface area contributed by atoms with E-state index in [1.807, 2.05) is 4.90 Å². The number of hydrogen-bond donors (Lipinski definition) is 2. The molecule has 0 radical (unpaired) electrons. The van der Waals surface area contributed by atoms with Crippen LogP contribution in [0.4, 0.5) is 18.9 Å². The second-order valence-electron chi connectivity index (χ2n) is 5.48. The van der Waals surface area contributed by atoms with Gasteiger partial charge in [-0.2, -0.15) is 18.2 Å². The maximum atomic E-state index is 12.9. The van der Waals surface area contributed by atoms with E-state index in [1.165, 1.54) is 19.1 Å². The first-order valence-corrected chi connectivity index (χ1v) is 7.38. The lowest BCUT2D eigenvalue weighted by Crippen LogP contribution is -2.41. The molecule has 5 nitrogen and oxygen atoms in total. The van der Waals surface area contributed by atoms with Crippen molar-refractivity contribution in [3.63, 3.8) is 0 Å².